The predicted octanol–water partition coefficient (Wildman–Crippen LogP) is 7.67. The highest BCUT2D eigenvalue weighted by molar-refractivity contribution is 9.10. The highest BCUT2D eigenvalue weighted by Gasteiger charge is 2.05. The van der Waals surface area contributed by atoms with E-state index in [1.807, 2.05) is 13.8 Å². The van der Waals surface area contributed by atoms with E-state index in [9.17, 15) is 8.78 Å². The minimum absolute atomic E-state index is 0.189. The van der Waals surface area contributed by atoms with Crippen LogP contribution in [-0.2, 0) is 0 Å². The first-order valence-electron chi connectivity index (χ1n) is 6.77. The molecule has 0 radical (unpaired) electrons. The van der Waals surface area contributed by atoms with E-state index in [0.717, 1.165) is 11.1 Å². The summed E-state index contributed by atoms with van der Waals surface area (Å²) in [5.74, 6) is -0.691. The highest BCUT2D eigenvalue weighted by atomic mass is 79.9. The fourth-order valence-corrected chi connectivity index (χ4v) is 2.19. The first kappa shape index (κ1) is 21.4. The van der Waals surface area contributed by atoms with Crippen LogP contribution < -0.4 is 0 Å². The van der Waals surface area contributed by atoms with Crippen LogP contribution in [0, 0.1) is 32.4 Å². The molecule has 0 aliphatic rings. The number of halogens is 5. The van der Waals surface area contributed by atoms with Gasteiger partial charge in [-0.1, -0.05) is 55.2 Å². The lowest BCUT2D eigenvalue weighted by atomic mass is 10.1. The Labute approximate surface area is 149 Å². The summed E-state index contributed by atoms with van der Waals surface area (Å²) < 4.78 is 26.1. The molecule has 0 amide bonds. The van der Waals surface area contributed by atoms with E-state index in [0.29, 0.717) is 10.0 Å². The third-order valence-corrected chi connectivity index (χ3v) is 4.24. The van der Waals surface area contributed by atoms with Crippen molar-refractivity contribution < 1.29 is 8.78 Å². The second-order valence-electron chi connectivity index (χ2n) is 4.32. The first-order chi connectivity index (χ1) is 10.3. The second kappa shape index (κ2) is 10.2. The third kappa shape index (κ3) is 5.86. The summed E-state index contributed by atoms with van der Waals surface area (Å²) in [5, 5.41) is 0.425. The number of hydrogen-bond donors (Lipinski definition) is 0. The van der Waals surface area contributed by atoms with Crippen molar-refractivity contribution in [3.8, 4) is 0 Å². The average Bonchev–Trinajstić information content (AvgIpc) is 2.53. The molecule has 0 aliphatic carbocycles. The lowest BCUT2D eigenvalue weighted by Gasteiger charge is -2.00. The molecule has 0 saturated heterocycles. The summed E-state index contributed by atoms with van der Waals surface area (Å²) in [4.78, 5) is 0. The van der Waals surface area contributed by atoms with Gasteiger partial charge in [0.2, 0.25) is 0 Å². The Kier molecular flexibility index (Phi) is 9.90. The van der Waals surface area contributed by atoms with Gasteiger partial charge in [0.15, 0.2) is 5.82 Å². The molecule has 0 heterocycles. The van der Waals surface area contributed by atoms with Gasteiger partial charge < -0.3 is 0 Å². The number of benzene rings is 2. The highest BCUT2D eigenvalue weighted by Crippen LogP contribution is 2.25. The number of hydrogen-bond acceptors (Lipinski definition) is 0. The summed E-state index contributed by atoms with van der Waals surface area (Å²) in [5.41, 5.74) is 2.13. The Bertz CT molecular complexity index is 519. The maximum atomic E-state index is 12.9. The third-order valence-electron chi connectivity index (χ3n) is 2.70. The average molecular weight is 412 g/mol. The Balaban J connectivity index is 0.000000360. The van der Waals surface area contributed by atoms with Gasteiger partial charge in [-0.2, -0.15) is 0 Å². The summed E-state index contributed by atoms with van der Waals surface area (Å²) in [6.07, 6.45) is 0. The Hall–Kier alpha value is -0.640. The Morgan fingerprint density at radius 1 is 0.727 bits per heavy atom. The molecule has 2 rings (SSSR count). The van der Waals surface area contributed by atoms with Crippen LogP contribution in [0.5, 0.6) is 0 Å². The van der Waals surface area contributed by atoms with Crippen LogP contribution in [0.3, 0.4) is 0 Å². The molecule has 5 heteroatoms. The molecule has 0 saturated carbocycles. The Morgan fingerprint density at radius 2 is 1.09 bits per heavy atom. The van der Waals surface area contributed by atoms with Crippen molar-refractivity contribution in [2.75, 3.05) is 0 Å². The van der Waals surface area contributed by atoms with E-state index in [2.05, 4.69) is 15.9 Å². The molecule has 0 nitrogen and oxygen atoms in total. The van der Waals surface area contributed by atoms with Crippen molar-refractivity contribution in [1.29, 1.82) is 0 Å². The maximum absolute atomic E-state index is 12.9. The quantitative estimate of drug-likeness (QED) is 0.390. The van der Waals surface area contributed by atoms with Crippen molar-refractivity contribution in [3.05, 3.63) is 67.1 Å². The molecule has 122 valence electrons. The van der Waals surface area contributed by atoms with Gasteiger partial charge in [0.1, 0.15) is 5.82 Å². The van der Waals surface area contributed by atoms with E-state index in [1.165, 1.54) is 0 Å². The zero-order chi connectivity index (χ0) is 17.4. The normalized spacial score (nSPS) is 9.36. The van der Waals surface area contributed by atoms with E-state index >= 15 is 0 Å². The van der Waals surface area contributed by atoms with E-state index in [-0.39, 0.29) is 21.7 Å². The van der Waals surface area contributed by atoms with E-state index in [1.54, 1.807) is 45.0 Å². The van der Waals surface area contributed by atoms with Crippen molar-refractivity contribution in [3.63, 3.8) is 0 Å². The van der Waals surface area contributed by atoms with Crippen LogP contribution in [0.25, 0.3) is 0 Å². The van der Waals surface area contributed by atoms with Crippen LogP contribution in [0.1, 0.15) is 30.5 Å². The van der Waals surface area contributed by atoms with E-state index in [4.69, 9.17) is 23.2 Å². The molecule has 0 unspecified atom stereocenters. The van der Waals surface area contributed by atoms with Crippen molar-refractivity contribution in [2.45, 2.75) is 34.6 Å². The molecule has 2 aromatic rings. The molecule has 0 N–H and O–H groups in total. The second-order valence-corrected chi connectivity index (χ2v) is 5.93. The topological polar surface area (TPSA) is 0 Å². The molecular weight excluding hydrogens is 393 g/mol. The van der Waals surface area contributed by atoms with Crippen LogP contribution in [-0.4, -0.2) is 0 Å². The van der Waals surface area contributed by atoms with E-state index < -0.39 is 0 Å². The molecule has 22 heavy (non-hydrogen) atoms. The number of rotatable bonds is 0. The van der Waals surface area contributed by atoms with Gasteiger partial charge in [0.05, 0.1) is 14.5 Å². The standard InChI is InChI=1S/C8H8ClF.C7H5BrClF.C2H6/c1-5-3-4-6(2)8(10)7(5)9;1-4-2-3-5(8)7(10)6(4)9;1-2/h3-4H,1-2H3;2-3H,1H3;1-2H3. The summed E-state index contributed by atoms with van der Waals surface area (Å²) in [6.45, 7) is 9.24. The summed E-state index contributed by atoms with van der Waals surface area (Å²) in [7, 11) is 0. The zero-order valence-electron chi connectivity index (χ0n) is 13.2. The van der Waals surface area contributed by atoms with Gasteiger partial charge in [-0.15, -0.1) is 0 Å². The first-order valence-corrected chi connectivity index (χ1v) is 8.32. The molecule has 0 aliphatic heterocycles. The number of aryl methyl sites for hydroxylation is 3. The van der Waals surface area contributed by atoms with Gasteiger partial charge in [0, 0.05) is 0 Å². The molecule has 0 aromatic heterocycles. The van der Waals surface area contributed by atoms with Crippen LogP contribution in [0.2, 0.25) is 10.0 Å². The minimum atomic E-state index is -0.387. The van der Waals surface area contributed by atoms with Gasteiger partial charge in [-0.25, -0.2) is 8.78 Å². The lowest BCUT2D eigenvalue weighted by molar-refractivity contribution is 0.618. The van der Waals surface area contributed by atoms with Crippen molar-refractivity contribution in [2.24, 2.45) is 0 Å². The van der Waals surface area contributed by atoms with Gasteiger partial charge in [-0.05, 0) is 59.5 Å². The van der Waals surface area contributed by atoms with Crippen molar-refractivity contribution in [1.82, 2.24) is 0 Å². The molecular formula is C17H19BrCl2F2. The lowest BCUT2D eigenvalue weighted by Crippen LogP contribution is -1.85. The summed E-state index contributed by atoms with van der Waals surface area (Å²) >= 11 is 14.2. The van der Waals surface area contributed by atoms with Gasteiger partial charge >= 0.3 is 0 Å². The Morgan fingerprint density at radius 3 is 1.50 bits per heavy atom. The zero-order valence-corrected chi connectivity index (χ0v) is 16.3. The van der Waals surface area contributed by atoms with Crippen LogP contribution >= 0.6 is 39.1 Å². The maximum Gasteiger partial charge on any atom is 0.156 e. The fraction of sp³-hybridized carbons (Fsp3) is 0.294. The molecule has 0 bridgehead atoms. The van der Waals surface area contributed by atoms with Crippen molar-refractivity contribution >= 4 is 39.1 Å². The minimum Gasteiger partial charge on any atom is -0.205 e. The smallest absolute Gasteiger partial charge is 0.156 e. The monoisotopic (exact) mass is 410 g/mol. The molecule has 0 fully saturated rings. The SMILES string of the molecule is CC.Cc1ccc(Br)c(F)c1Cl.Cc1ccc(C)c(Cl)c1F. The molecule has 0 spiro atoms. The van der Waals surface area contributed by atoms with Crippen LogP contribution in [0.15, 0.2) is 28.7 Å². The van der Waals surface area contributed by atoms with Gasteiger partial charge in [-0.3, -0.25) is 0 Å². The molecule has 2 aromatic carbocycles. The summed E-state index contributed by atoms with van der Waals surface area (Å²) in [6, 6.07) is 6.92. The predicted molar refractivity (Wildman–Crippen MR) is 96.1 cm³/mol. The molecule has 0 atom stereocenters. The fourth-order valence-electron chi connectivity index (χ4n) is 1.36. The van der Waals surface area contributed by atoms with Crippen LogP contribution in [0.4, 0.5) is 8.78 Å². The van der Waals surface area contributed by atoms with Gasteiger partial charge in [0.25, 0.3) is 0 Å². The largest absolute Gasteiger partial charge is 0.205 e.